The number of likely N-dealkylation sites (N-methyl/N-ethyl adjacent to an activating group) is 1. The molecule has 1 atom stereocenters. The molecule has 0 radical (unpaired) electrons. The van der Waals surface area contributed by atoms with Crippen molar-refractivity contribution in [3.8, 4) is 23.0 Å². The predicted octanol–water partition coefficient (Wildman–Crippen LogP) is 3.64. The van der Waals surface area contributed by atoms with Gasteiger partial charge in [-0.05, 0) is 23.8 Å². The number of methoxy groups -OCH3 is 4. The summed E-state index contributed by atoms with van der Waals surface area (Å²) in [5.41, 5.74) is 3.79. The van der Waals surface area contributed by atoms with Gasteiger partial charge >= 0.3 is 0 Å². The molecule has 1 aliphatic rings. The summed E-state index contributed by atoms with van der Waals surface area (Å²) in [4.78, 5) is 0. The quantitative estimate of drug-likeness (QED) is 0.726. The SMILES string of the molecule is COc1ccc(C[C@@H]2c3cc(OC)c(OC)c(OC)c3CC[N+]2(C)C)cc1. The number of fused-ring (bicyclic) bond motifs is 1. The smallest absolute Gasteiger partial charge is 0.203 e. The molecule has 0 fully saturated rings. The first-order chi connectivity index (χ1) is 12.9. The van der Waals surface area contributed by atoms with E-state index in [4.69, 9.17) is 18.9 Å². The molecule has 0 unspecified atom stereocenters. The van der Waals surface area contributed by atoms with E-state index in [0.717, 1.165) is 41.1 Å². The van der Waals surface area contributed by atoms with Crippen LogP contribution in [0.4, 0.5) is 0 Å². The Morgan fingerprint density at radius 2 is 1.56 bits per heavy atom. The van der Waals surface area contributed by atoms with Gasteiger partial charge in [-0.2, -0.15) is 0 Å². The van der Waals surface area contributed by atoms with Crippen LogP contribution in [0.2, 0.25) is 0 Å². The molecule has 0 saturated heterocycles. The van der Waals surface area contributed by atoms with Crippen molar-refractivity contribution < 1.29 is 23.4 Å². The van der Waals surface area contributed by atoms with Gasteiger partial charge in [-0.25, -0.2) is 0 Å². The Morgan fingerprint density at radius 3 is 2.11 bits per heavy atom. The van der Waals surface area contributed by atoms with Gasteiger partial charge in [0.15, 0.2) is 11.5 Å². The summed E-state index contributed by atoms with van der Waals surface area (Å²) in [5.74, 6) is 3.07. The second kappa shape index (κ2) is 7.69. The molecule has 5 nitrogen and oxygen atoms in total. The Bertz CT molecular complexity index is 799. The topological polar surface area (TPSA) is 36.9 Å². The van der Waals surface area contributed by atoms with Crippen LogP contribution in [0.25, 0.3) is 0 Å². The minimum atomic E-state index is 0.302. The molecule has 0 aliphatic carbocycles. The molecular weight excluding hydrogens is 342 g/mol. The van der Waals surface area contributed by atoms with E-state index in [2.05, 4.69) is 32.3 Å². The van der Waals surface area contributed by atoms with Gasteiger partial charge in [-0.15, -0.1) is 0 Å². The molecule has 1 aliphatic heterocycles. The second-order valence-corrected chi connectivity index (χ2v) is 7.53. The summed E-state index contributed by atoms with van der Waals surface area (Å²) in [6, 6.07) is 10.8. The van der Waals surface area contributed by atoms with Gasteiger partial charge in [0.25, 0.3) is 0 Å². The maximum atomic E-state index is 5.75. The Kier molecular flexibility index (Phi) is 5.51. The van der Waals surface area contributed by atoms with Crippen molar-refractivity contribution in [2.24, 2.45) is 0 Å². The first-order valence-corrected chi connectivity index (χ1v) is 9.22. The second-order valence-electron chi connectivity index (χ2n) is 7.53. The number of hydrogen-bond acceptors (Lipinski definition) is 4. The molecule has 2 aromatic rings. The number of benzene rings is 2. The van der Waals surface area contributed by atoms with E-state index in [9.17, 15) is 0 Å². The van der Waals surface area contributed by atoms with Crippen LogP contribution in [0, 0.1) is 0 Å². The van der Waals surface area contributed by atoms with Crippen LogP contribution >= 0.6 is 0 Å². The summed E-state index contributed by atoms with van der Waals surface area (Å²) >= 11 is 0. The zero-order valence-electron chi connectivity index (χ0n) is 17.2. The van der Waals surface area contributed by atoms with E-state index >= 15 is 0 Å². The summed E-state index contributed by atoms with van der Waals surface area (Å²) < 4.78 is 23.2. The van der Waals surface area contributed by atoms with Crippen LogP contribution in [0.15, 0.2) is 30.3 Å². The summed E-state index contributed by atoms with van der Waals surface area (Å²) in [6.45, 7) is 1.04. The first-order valence-electron chi connectivity index (χ1n) is 9.22. The van der Waals surface area contributed by atoms with Crippen molar-refractivity contribution in [2.45, 2.75) is 18.9 Å². The summed E-state index contributed by atoms with van der Waals surface area (Å²) in [5, 5.41) is 0. The fraction of sp³-hybridized carbons (Fsp3) is 0.455. The molecular formula is C22H30NO4+. The highest BCUT2D eigenvalue weighted by Gasteiger charge is 2.39. The average Bonchev–Trinajstić information content (AvgIpc) is 2.68. The fourth-order valence-corrected chi connectivity index (χ4v) is 4.06. The van der Waals surface area contributed by atoms with Crippen molar-refractivity contribution >= 4 is 0 Å². The van der Waals surface area contributed by atoms with Gasteiger partial charge in [-0.3, -0.25) is 0 Å². The highest BCUT2D eigenvalue weighted by atomic mass is 16.5. The highest BCUT2D eigenvalue weighted by molar-refractivity contribution is 5.60. The lowest BCUT2D eigenvalue weighted by molar-refractivity contribution is -0.923. The molecule has 5 heteroatoms. The standard InChI is InChI=1S/C22H30NO4/c1-23(2)12-11-17-18(14-20(25-4)22(27-6)21(17)26-5)19(23)13-15-7-9-16(24-3)10-8-15/h7-10,14,19H,11-13H2,1-6H3/q+1/t19-/m1/s1. The molecule has 0 saturated carbocycles. The van der Waals surface area contributed by atoms with Crippen molar-refractivity contribution in [3.05, 3.63) is 47.0 Å². The van der Waals surface area contributed by atoms with Crippen LogP contribution in [-0.4, -0.2) is 53.6 Å². The molecule has 0 aromatic heterocycles. The number of ether oxygens (including phenoxy) is 4. The average molecular weight is 372 g/mol. The van der Waals surface area contributed by atoms with Gasteiger partial charge in [-0.1, -0.05) is 12.1 Å². The van der Waals surface area contributed by atoms with Gasteiger partial charge in [0.1, 0.15) is 11.8 Å². The molecule has 0 amide bonds. The summed E-state index contributed by atoms with van der Waals surface area (Å²) in [7, 11) is 11.3. The van der Waals surface area contributed by atoms with E-state index in [1.165, 1.54) is 16.7 Å². The largest absolute Gasteiger partial charge is 0.497 e. The maximum Gasteiger partial charge on any atom is 0.203 e. The number of quaternary nitrogens is 1. The lowest BCUT2D eigenvalue weighted by atomic mass is 9.86. The van der Waals surface area contributed by atoms with Crippen LogP contribution < -0.4 is 18.9 Å². The zero-order valence-corrected chi connectivity index (χ0v) is 17.2. The van der Waals surface area contributed by atoms with Crippen LogP contribution in [0.5, 0.6) is 23.0 Å². The Labute approximate surface area is 162 Å². The maximum absolute atomic E-state index is 5.75. The third-order valence-electron chi connectivity index (χ3n) is 5.70. The van der Waals surface area contributed by atoms with Crippen molar-refractivity contribution in [1.82, 2.24) is 0 Å². The molecule has 146 valence electrons. The van der Waals surface area contributed by atoms with E-state index < -0.39 is 0 Å². The molecule has 2 aromatic carbocycles. The van der Waals surface area contributed by atoms with E-state index in [-0.39, 0.29) is 0 Å². The molecule has 0 spiro atoms. The number of hydrogen-bond donors (Lipinski definition) is 0. The van der Waals surface area contributed by atoms with Gasteiger partial charge in [0.2, 0.25) is 5.75 Å². The zero-order chi connectivity index (χ0) is 19.6. The summed E-state index contributed by atoms with van der Waals surface area (Å²) in [6.07, 6.45) is 1.88. The molecule has 3 rings (SSSR count). The fourth-order valence-electron chi connectivity index (χ4n) is 4.06. The lowest BCUT2D eigenvalue weighted by Gasteiger charge is -2.43. The molecule has 0 N–H and O–H groups in total. The van der Waals surface area contributed by atoms with E-state index in [0.29, 0.717) is 11.8 Å². The molecule has 1 heterocycles. The lowest BCUT2D eigenvalue weighted by Crippen LogP contribution is -2.48. The Morgan fingerprint density at radius 1 is 0.889 bits per heavy atom. The first kappa shape index (κ1) is 19.4. The minimum absolute atomic E-state index is 0.302. The van der Waals surface area contributed by atoms with Crippen molar-refractivity contribution in [1.29, 1.82) is 0 Å². The third-order valence-corrected chi connectivity index (χ3v) is 5.70. The van der Waals surface area contributed by atoms with Gasteiger partial charge < -0.3 is 23.4 Å². The Hall–Kier alpha value is -2.40. The Balaban J connectivity index is 2.08. The monoisotopic (exact) mass is 372 g/mol. The molecule has 0 bridgehead atoms. The van der Waals surface area contributed by atoms with Crippen LogP contribution in [-0.2, 0) is 12.8 Å². The predicted molar refractivity (Wildman–Crippen MR) is 106 cm³/mol. The van der Waals surface area contributed by atoms with Crippen LogP contribution in [0.3, 0.4) is 0 Å². The van der Waals surface area contributed by atoms with Crippen molar-refractivity contribution in [2.75, 3.05) is 49.1 Å². The highest BCUT2D eigenvalue weighted by Crippen LogP contribution is 2.48. The third kappa shape index (κ3) is 3.56. The van der Waals surface area contributed by atoms with Gasteiger partial charge in [0.05, 0.1) is 49.1 Å². The van der Waals surface area contributed by atoms with Crippen LogP contribution in [0.1, 0.15) is 22.7 Å². The molecule has 27 heavy (non-hydrogen) atoms. The van der Waals surface area contributed by atoms with E-state index in [1.807, 2.05) is 12.1 Å². The van der Waals surface area contributed by atoms with E-state index in [1.54, 1.807) is 28.4 Å². The number of nitrogens with zero attached hydrogens (tertiary/aromatic N) is 1. The normalized spacial score (nSPS) is 17.8. The van der Waals surface area contributed by atoms with Crippen molar-refractivity contribution in [3.63, 3.8) is 0 Å². The van der Waals surface area contributed by atoms with Gasteiger partial charge in [0, 0.05) is 24.0 Å². The number of rotatable bonds is 6. The minimum Gasteiger partial charge on any atom is -0.497 e.